The van der Waals surface area contributed by atoms with Gasteiger partial charge in [-0.15, -0.1) is 6.58 Å². The number of para-hydroxylation sites is 1. The van der Waals surface area contributed by atoms with Crippen molar-refractivity contribution in [3.05, 3.63) is 54.6 Å². The highest BCUT2D eigenvalue weighted by molar-refractivity contribution is 6.06. The van der Waals surface area contributed by atoms with Crippen LogP contribution in [0, 0.1) is 22.7 Å². The van der Waals surface area contributed by atoms with Crippen LogP contribution in [0.1, 0.15) is 98.0 Å². The second-order valence-electron chi connectivity index (χ2n) is 14.0. The van der Waals surface area contributed by atoms with Gasteiger partial charge >= 0.3 is 0 Å². The van der Waals surface area contributed by atoms with Crippen LogP contribution < -0.4 is 4.90 Å². The van der Waals surface area contributed by atoms with Crippen molar-refractivity contribution in [1.29, 1.82) is 0 Å². The third-order valence-electron chi connectivity index (χ3n) is 11.0. The highest BCUT2D eigenvalue weighted by Gasteiger charge is 2.60. The molecule has 3 fully saturated rings. The van der Waals surface area contributed by atoms with Crippen LogP contribution in [0.25, 0.3) is 0 Å². The molecule has 2 heterocycles. The quantitative estimate of drug-likeness (QED) is 0.431. The number of rotatable bonds is 5. The number of hydrogen-bond acceptors (Lipinski definition) is 3. The molecule has 1 N–H and O–H groups in total. The van der Waals surface area contributed by atoms with Gasteiger partial charge in [0, 0.05) is 5.69 Å². The van der Waals surface area contributed by atoms with E-state index in [1.165, 1.54) is 5.57 Å². The van der Waals surface area contributed by atoms with Crippen molar-refractivity contribution in [2.45, 2.75) is 116 Å². The van der Waals surface area contributed by atoms with Crippen molar-refractivity contribution in [2.24, 2.45) is 22.7 Å². The fourth-order valence-electron chi connectivity index (χ4n) is 8.57. The lowest BCUT2D eigenvalue weighted by Gasteiger charge is -2.62. The average Bonchev–Trinajstić information content (AvgIpc) is 3.12. The van der Waals surface area contributed by atoms with Crippen molar-refractivity contribution >= 4 is 11.6 Å². The molecular weight excluding hydrogens is 458 g/mol. The van der Waals surface area contributed by atoms with E-state index in [-0.39, 0.29) is 34.9 Å². The van der Waals surface area contributed by atoms with Crippen LogP contribution in [0.5, 0.6) is 0 Å². The maximum absolute atomic E-state index is 13.9. The molecule has 1 aromatic carbocycles. The fraction of sp³-hybridized carbons (Fsp3) is 0.667. The van der Waals surface area contributed by atoms with Gasteiger partial charge < -0.3 is 14.7 Å². The van der Waals surface area contributed by atoms with Gasteiger partial charge in [0.25, 0.3) is 0 Å². The standard InChI is InChI=1S/C33H47NO3/c1-9-30(3,4)34-25-13-11-10-12-23(25)24(29(34)35)20-22-14-15-26-32(7,21(22)2)18-17-28-33(26,8)19-16-27(37-28)31(5,6)36/h9-13,22,24,26-28,36H,1-2,14-20H2,3-8H3/t22-,24+,26+,27+,28-,32+,33-/m0/s1. The van der Waals surface area contributed by atoms with Crippen LogP contribution in [0.2, 0.25) is 0 Å². The molecular formula is C33H47NO3. The monoisotopic (exact) mass is 505 g/mol. The molecule has 0 aromatic heterocycles. The lowest BCUT2D eigenvalue weighted by atomic mass is 9.45. The number of fused-ring (bicyclic) bond motifs is 4. The van der Waals surface area contributed by atoms with Crippen molar-refractivity contribution in [2.75, 3.05) is 4.90 Å². The summed E-state index contributed by atoms with van der Waals surface area (Å²) in [5.41, 5.74) is 2.45. The van der Waals surface area contributed by atoms with Crippen molar-refractivity contribution in [1.82, 2.24) is 0 Å². The minimum atomic E-state index is -0.804. The topological polar surface area (TPSA) is 49.8 Å². The maximum Gasteiger partial charge on any atom is 0.235 e. The molecule has 2 aliphatic carbocycles. The average molecular weight is 506 g/mol. The summed E-state index contributed by atoms with van der Waals surface area (Å²) < 4.78 is 6.59. The lowest BCUT2D eigenvalue weighted by molar-refractivity contribution is -0.228. The van der Waals surface area contributed by atoms with Gasteiger partial charge in [-0.1, -0.05) is 50.3 Å². The molecule has 4 aliphatic rings. The zero-order valence-corrected chi connectivity index (χ0v) is 23.8. The van der Waals surface area contributed by atoms with Crippen molar-refractivity contribution < 1.29 is 14.6 Å². The van der Waals surface area contributed by atoms with Gasteiger partial charge in [-0.25, -0.2) is 0 Å². The number of carbonyl (C=O) groups excluding carboxylic acids is 1. The Morgan fingerprint density at radius 3 is 2.49 bits per heavy atom. The number of aliphatic hydroxyl groups is 1. The van der Waals surface area contributed by atoms with E-state index in [9.17, 15) is 9.90 Å². The first-order valence-electron chi connectivity index (χ1n) is 14.4. The number of anilines is 1. The highest BCUT2D eigenvalue weighted by atomic mass is 16.5. The molecule has 1 saturated heterocycles. The third kappa shape index (κ3) is 4.05. The predicted octanol–water partition coefficient (Wildman–Crippen LogP) is 7.18. The van der Waals surface area contributed by atoms with Crippen LogP contribution in [-0.4, -0.2) is 34.4 Å². The molecule has 202 valence electrons. The van der Waals surface area contributed by atoms with Crippen LogP contribution in [0.15, 0.2) is 49.1 Å². The van der Waals surface area contributed by atoms with Gasteiger partial charge in [-0.05, 0) is 107 Å². The summed E-state index contributed by atoms with van der Waals surface area (Å²) >= 11 is 0. The van der Waals surface area contributed by atoms with Gasteiger partial charge in [-0.3, -0.25) is 4.79 Å². The molecule has 1 amide bonds. The molecule has 0 radical (unpaired) electrons. The Kier molecular flexibility index (Phi) is 6.35. The van der Waals surface area contributed by atoms with Crippen molar-refractivity contribution in [3.63, 3.8) is 0 Å². The molecule has 0 bridgehead atoms. The summed E-state index contributed by atoms with van der Waals surface area (Å²) in [5, 5.41) is 10.6. The Labute approximate surface area is 224 Å². The fourth-order valence-corrected chi connectivity index (χ4v) is 8.57. The zero-order valence-electron chi connectivity index (χ0n) is 23.8. The zero-order chi connectivity index (χ0) is 27.0. The van der Waals surface area contributed by atoms with Crippen molar-refractivity contribution in [3.8, 4) is 0 Å². The largest absolute Gasteiger partial charge is 0.388 e. The van der Waals surface area contributed by atoms with E-state index in [2.05, 4.69) is 52.5 Å². The Morgan fingerprint density at radius 2 is 1.81 bits per heavy atom. The molecule has 1 aromatic rings. The molecule has 7 atom stereocenters. The Morgan fingerprint density at radius 1 is 1.11 bits per heavy atom. The van der Waals surface area contributed by atoms with E-state index in [4.69, 9.17) is 11.3 Å². The predicted molar refractivity (Wildman–Crippen MR) is 151 cm³/mol. The van der Waals surface area contributed by atoms with E-state index >= 15 is 0 Å². The third-order valence-corrected chi connectivity index (χ3v) is 11.0. The van der Waals surface area contributed by atoms with E-state index in [0.717, 1.165) is 56.2 Å². The molecule has 2 saturated carbocycles. The summed E-state index contributed by atoms with van der Waals surface area (Å²) in [4.78, 5) is 15.8. The first-order valence-corrected chi connectivity index (χ1v) is 14.4. The number of allylic oxidation sites excluding steroid dienone is 1. The number of carbonyl (C=O) groups is 1. The SMILES string of the molecule is C=CC(C)(C)N1C(=O)[C@H](C[C@@H]2CC[C@H]3[C@]4(C)CC[C@H](C(C)(C)O)O[C@H]4CC[C@]3(C)C2=C)c2ccccc21. The Balaban J connectivity index is 1.38. The van der Waals surface area contributed by atoms with E-state index in [0.29, 0.717) is 11.8 Å². The van der Waals surface area contributed by atoms with Crippen LogP contribution in [0.4, 0.5) is 5.69 Å². The Hall–Kier alpha value is -1.91. The summed E-state index contributed by atoms with van der Waals surface area (Å²) in [6.07, 6.45) is 9.10. The van der Waals surface area contributed by atoms with E-state index in [1.54, 1.807) is 0 Å². The summed E-state index contributed by atoms with van der Waals surface area (Å²) in [6.45, 7) is 21.5. The second-order valence-corrected chi connectivity index (χ2v) is 14.0. The molecule has 4 heteroatoms. The van der Waals surface area contributed by atoms with Crippen LogP contribution in [-0.2, 0) is 9.53 Å². The minimum Gasteiger partial charge on any atom is -0.388 e. The van der Waals surface area contributed by atoms with E-state index in [1.807, 2.05) is 30.9 Å². The lowest BCUT2D eigenvalue weighted by Crippen LogP contribution is -2.60. The Bertz CT molecular complexity index is 1100. The number of ether oxygens (including phenoxy) is 1. The normalized spacial score (nSPS) is 38.1. The molecule has 2 aliphatic heterocycles. The number of hydrogen-bond donors (Lipinski definition) is 1. The highest BCUT2D eigenvalue weighted by Crippen LogP contribution is 2.65. The summed E-state index contributed by atoms with van der Waals surface area (Å²) in [7, 11) is 0. The van der Waals surface area contributed by atoms with Gasteiger partial charge in [0.05, 0.1) is 29.3 Å². The summed E-state index contributed by atoms with van der Waals surface area (Å²) in [5.74, 6) is 0.923. The maximum atomic E-state index is 13.9. The summed E-state index contributed by atoms with van der Waals surface area (Å²) in [6, 6.07) is 8.30. The number of benzene rings is 1. The first kappa shape index (κ1) is 26.7. The first-order chi connectivity index (χ1) is 17.2. The molecule has 0 spiro atoms. The van der Waals surface area contributed by atoms with Gasteiger partial charge in [0.1, 0.15) is 0 Å². The molecule has 37 heavy (non-hydrogen) atoms. The molecule has 0 unspecified atom stereocenters. The minimum absolute atomic E-state index is 0.0559. The number of nitrogens with zero attached hydrogens (tertiary/aromatic N) is 1. The smallest absolute Gasteiger partial charge is 0.235 e. The van der Waals surface area contributed by atoms with Gasteiger partial charge in [-0.2, -0.15) is 0 Å². The molecule has 5 rings (SSSR count). The second kappa shape index (κ2) is 8.81. The van der Waals surface area contributed by atoms with Crippen LogP contribution in [0.3, 0.4) is 0 Å². The molecule has 4 nitrogen and oxygen atoms in total. The van der Waals surface area contributed by atoms with Gasteiger partial charge in [0.15, 0.2) is 0 Å². The van der Waals surface area contributed by atoms with Crippen LogP contribution >= 0.6 is 0 Å². The van der Waals surface area contributed by atoms with Gasteiger partial charge in [0.2, 0.25) is 5.91 Å². The van der Waals surface area contributed by atoms with E-state index < -0.39 is 11.1 Å². The number of amides is 1.